The van der Waals surface area contributed by atoms with E-state index in [4.69, 9.17) is 5.73 Å². The number of benzene rings is 1. The van der Waals surface area contributed by atoms with E-state index in [0.717, 1.165) is 28.5 Å². The largest absolute Gasteiger partial charge is 0.369 e. The average molecular weight is 339 g/mol. The number of rotatable bonds is 5. The van der Waals surface area contributed by atoms with Gasteiger partial charge in [0.2, 0.25) is 5.95 Å². The minimum absolute atomic E-state index is 0.337. The Kier molecular flexibility index (Phi) is 4.70. The Morgan fingerprint density at radius 3 is 2.65 bits per heavy atom. The summed E-state index contributed by atoms with van der Waals surface area (Å²) in [5, 5.41) is 0. The van der Waals surface area contributed by atoms with Gasteiger partial charge in [-0.3, -0.25) is 0 Å². The van der Waals surface area contributed by atoms with Crippen molar-refractivity contribution in [3.8, 4) is 0 Å². The molecule has 1 heterocycles. The SMILES string of the molecule is CC(C)CC(CN(C)C)n1c(N)nc2ccc(Br)cc21. The molecular weight excluding hydrogens is 316 g/mol. The van der Waals surface area contributed by atoms with E-state index in [1.165, 1.54) is 0 Å². The highest BCUT2D eigenvalue weighted by Crippen LogP contribution is 2.29. The summed E-state index contributed by atoms with van der Waals surface area (Å²) in [6.45, 7) is 5.45. The zero-order chi connectivity index (χ0) is 14.9. The van der Waals surface area contributed by atoms with Gasteiger partial charge in [0.05, 0.1) is 17.1 Å². The summed E-state index contributed by atoms with van der Waals surface area (Å²) >= 11 is 3.53. The van der Waals surface area contributed by atoms with Gasteiger partial charge >= 0.3 is 0 Å². The van der Waals surface area contributed by atoms with Crippen LogP contribution < -0.4 is 5.73 Å². The van der Waals surface area contributed by atoms with Crippen molar-refractivity contribution < 1.29 is 0 Å². The molecule has 2 aromatic rings. The van der Waals surface area contributed by atoms with Crippen molar-refractivity contribution in [3.63, 3.8) is 0 Å². The quantitative estimate of drug-likeness (QED) is 0.907. The van der Waals surface area contributed by atoms with Crippen LogP contribution in [-0.4, -0.2) is 35.1 Å². The summed E-state index contributed by atoms with van der Waals surface area (Å²) in [5.74, 6) is 1.22. The Balaban J connectivity index is 2.50. The Hall–Kier alpha value is -1.07. The van der Waals surface area contributed by atoms with E-state index in [9.17, 15) is 0 Å². The summed E-state index contributed by atoms with van der Waals surface area (Å²) in [6.07, 6.45) is 1.08. The Labute approximate surface area is 129 Å². The number of fused-ring (bicyclic) bond motifs is 1. The number of halogens is 1. The minimum atomic E-state index is 0.337. The van der Waals surface area contributed by atoms with Crippen molar-refractivity contribution >= 4 is 32.9 Å². The van der Waals surface area contributed by atoms with E-state index < -0.39 is 0 Å². The zero-order valence-electron chi connectivity index (χ0n) is 12.6. The van der Waals surface area contributed by atoms with Crippen molar-refractivity contribution in [1.82, 2.24) is 14.5 Å². The summed E-state index contributed by atoms with van der Waals surface area (Å²) < 4.78 is 3.24. The number of imidazole rings is 1. The molecular formula is C15H23BrN4. The maximum absolute atomic E-state index is 6.17. The van der Waals surface area contributed by atoms with Crippen LogP contribution in [0.3, 0.4) is 0 Å². The van der Waals surface area contributed by atoms with Crippen LogP contribution in [0.1, 0.15) is 26.3 Å². The number of nitrogen functional groups attached to an aromatic ring is 1. The van der Waals surface area contributed by atoms with Gasteiger partial charge in [0, 0.05) is 11.0 Å². The molecule has 0 fully saturated rings. The molecule has 0 amide bonds. The van der Waals surface area contributed by atoms with Gasteiger partial charge in [0.25, 0.3) is 0 Å². The highest BCUT2D eigenvalue weighted by Gasteiger charge is 2.20. The van der Waals surface area contributed by atoms with Gasteiger partial charge in [-0.1, -0.05) is 29.8 Å². The molecule has 4 nitrogen and oxygen atoms in total. The number of nitrogens with zero attached hydrogens (tertiary/aromatic N) is 3. The molecule has 1 unspecified atom stereocenters. The van der Waals surface area contributed by atoms with Crippen LogP contribution in [0.5, 0.6) is 0 Å². The third-order valence-corrected chi connectivity index (χ3v) is 3.86. The van der Waals surface area contributed by atoms with Crippen LogP contribution in [0.25, 0.3) is 11.0 Å². The first-order valence-electron chi connectivity index (χ1n) is 6.96. The third kappa shape index (κ3) is 3.33. The molecule has 20 heavy (non-hydrogen) atoms. The van der Waals surface area contributed by atoms with Crippen LogP contribution >= 0.6 is 15.9 Å². The second kappa shape index (κ2) is 6.14. The molecule has 0 spiro atoms. The molecule has 1 atom stereocenters. The van der Waals surface area contributed by atoms with Gasteiger partial charge in [-0.05, 0) is 44.6 Å². The number of aromatic nitrogens is 2. The number of hydrogen-bond acceptors (Lipinski definition) is 3. The normalized spacial score (nSPS) is 13.6. The van der Waals surface area contributed by atoms with E-state index in [2.05, 4.69) is 64.4 Å². The molecule has 2 N–H and O–H groups in total. The van der Waals surface area contributed by atoms with E-state index in [0.29, 0.717) is 17.9 Å². The second-order valence-electron chi connectivity index (χ2n) is 6.02. The molecule has 0 aliphatic carbocycles. The number of hydrogen-bond donors (Lipinski definition) is 1. The van der Waals surface area contributed by atoms with E-state index in [1.54, 1.807) is 0 Å². The standard InChI is InChI=1S/C15H23BrN4/c1-10(2)7-12(9-19(3)4)20-14-8-11(16)5-6-13(14)18-15(20)17/h5-6,8,10,12H,7,9H2,1-4H3,(H2,17,18). The summed E-state index contributed by atoms with van der Waals surface area (Å²) in [5.41, 5.74) is 8.23. The average Bonchev–Trinajstić information content (AvgIpc) is 2.62. The predicted molar refractivity (Wildman–Crippen MR) is 88.9 cm³/mol. The molecule has 0 aliphatic heterocycles. The van der Waals surface area contributed by atoms with E-state index >= 15 is 0 Å². The monoisotopic (exact) mass is 338 g/mol. The first kappa shape index (κ1) is 15.3. The third-order valence-electron chi connectivity index (χ3n) is 3.36. The van der Waals surface area contributed by atoms with Gasteiger partial charge in [-0.2, -0.15) is 0 Å². The molecule has 1 aromatic carbocycles. The molecule has 0 radical (unpaired) electrons. The fourth-order valence-electron chi connectivity index (χ4n) is 2.70. The first-order chi connectivity index (χ1) is 9.38. The fraction of sp³-hybridized carbons (Fsp3) is 0.533. The number of anilines is 1. The Morgan fingerprint density at radius 2 is 2.05 bits per heavy atom. The highest BCUT2D eigenvalue weighted by atomic mass is 79.9. The van der Waals surface area contributed by atoms with Crippen molar-refractivity contribution in [2.24, 2.45) is 5.92 Å². The van der Waals surface area contributed by atoms with Gasteiger partial charge in [0.1, 0.15) is 0 Å². The first-order valence-corrected chi connectivity index (χ1v) is 7.75. The molecule has 0 bridgehead atoms. The lowest BCUT2D eigenvalue weighted by atomic mass is 10.0. The summed E-state index contributed by atoms with van der Waals surface area (Å²) in [7, 11) is 4.19. The molecule has 0 saturated carbocycles. The summed E-state index contributed by atoms with van der Waals surface area (Å²) in [4.78, 5) is 6.70. The number of nitrogens with two attached hydrogens (primary N) is 1. The van der Waals surface area contributed by atoms with Crippen LogP contribution in [0, 0.1) is 5.92 Å². The van der Waals surface area contributed by atoms with Crippen LogP contribution in [-0.2, 0) is 0 Å². The van der Waals surface area contributed by atoms with E-state index in [1.807, 2.05) is 12.1 Å². The topological polar surface area (TPSA) is 47.1 Å². The lowest BCUT2D eigenvalue weighted by molar-refractivity contribution is 0.294. The van der Waals surface area contributed by atoms with Gasteiger partial charge < -0.3 is 15.2 Å². The molecule has 0 aliphatic rings. The molecule has 2 rings (SSSR count). The molecule has 5 heteroatoms. The minimum Gasteiger partial charge on any atom is -0.369 e. The summed E-state index contributed by atoms with van der Waals surface area (Å²) in [6, 6.07) is 6.45. The van der Waals surface area contributed by atoms with E-state index in [-0.39, 0.29) is 0 Å². The van der Waals surface area contributed by atoms with Crippen LogP contribution in [0.2, 0.25) is 0 Å². The predicted octanol–water partition coefficient (Wildman–Crippen LogP) is 3.53. The second-order valence-corrected chi connectivity index (χ2v) is 6.93. The fourth-order valence-corrected chi connectivity index (χ4v) is 3.04. The Morgan fingerprint density at radius 1 is 1.35 bits per heavy atom. The van der Waals surface area contributed by atoms with Crippen molar-refractivity contribution in [2.75, 3.05) is 26.4 Å². The van der Waals surface area contributed by atoms with Crippen molar-refractivity contribution in [3.05, 3.63) is 22.7 Å². The molecule has 110 valence electrons. The lowest BCUT2D eigenvalue weighted by Gasteiger charge is -2.25. The van der Waals surface area contributed by atoms with Crippen molar-refractivity contribution in [1.29, 1.82) is 0 Å². The van der Waals surface area contributed by atoms with Gasteiger partial charge in [0.15, 0.2) is 0 Å². The van der Waals surface area contributed by atoms with Crippen LogP contribution in [0.15, 0.2) is 22.7 Å². The smallest absolute Gasteiger partial charge is 0.201 e. The number of likely N-dealkylation sites (N-methyl/N-ethyl adjacent to an activating group) is 1. The maximum atomic E-state index is 6.17. The highest BCUT2D eigenvalue weighted by molar-refractivity contribution is 9.10. The van der Waals surface area contributed by atoms with Gasteiger partial charge in [-0.25, -0.2) is 4.98 Å². The zero-order valence-corrected chi connectivity index (χ0v) is 14.2. The van der Waals surface area contributed by atoms with Crippen molar-refractivity contribution in [2.45, 2.75) is 26.3 Å². The maximum Gasteiger partial charge on any atom is 0.201 e. The van der Waals surface area contributed by atoms with Crippen LogP contribution in [0.4, 0.5) is 5.95 Å². The molecule has 0 saturated heterocycles. The molecule has 1 aromatic heterocycles. The van der Waals surface area contributed by atoms with Gasteiger partial charge in [-0.15, -0.1) is 0 Å². The lowest BCUT2D eigenvalue weighted by Crippen LogP contribution is -2.26. The Bertz CT molecular complexity index is 579.